The van der Waals surface area contributed by atoms with Gasteiger partial charge in [0.25, 0.3) is 0 Å². The number of fused-ring (bicyclic) bond motifs is 2. The van der Waals surface area contributed by atoms with Crippen LogP contribution in [-0.4, -0.2) is 11.0 Å². The fraction of sp³-hybridized carbons (Fsp3) is 0.0833. The average Bonchev–Trinajstić information content (AvgIpc) is 3.01. The van der Waals surface area contributed by atoms with Crippen molar-refractivity contribution in [2.45, 2.75) is 12.0 Å². The van der Waals surface area contributed by atoms with Crippen LogP contribution in [0.15, 0.2) is 91.1 Å². The van der Waals surface area contributed by atoms with Crippen LogP contribution in [-0.2, 0) is 9.53 Å². The largest absolute Gasteiger partial charge is 0.453 e. The zero-order valence-electron chi connectivity index (χ0n) is 14.6. The van der Waals surface area contributed by atoms with Crippen molar-refractivity contribution < 1.29 is 9.53 Å². The number of cyclic esters (lactones) is 1. The summed E-state index contributed by atoms with van der Waals surface area (Å²) < 4.78 is 5.78. The minimum absolute atomic E-state index is 0.215. The lowest BCUT2D eigenvalue weighted by Gasteiger charge is -2.20. The summed E-state index contributed by atoms with van der Waals surface area (Å²) >= 11 is 0. The van der Waals surface area contributed by atoms with Crippen molar-refractivity contribution >= 4 is 27.6 Å². The Morgan fingerprint density at radius 2 is 1.67 bits per heavy atom. The third kappa shape index (κ3) is 2.51. The summed E-state index contributed by atoms with van der Waals surface area (Å²) in [6.07, 6.45) is 1.36. The van der Waals surface area contributed by atoms with Crippen LogP contribution in [0, 0.1) is 0 Å². The number of hydrogen-bond acceptors (Lipinski definition) is 3. The maximum Gasteiger partial charge on any atom is 0.334 e. The van der Waals surface area contributed by atoms with Gasteiger partial charge in [-0.3, -0.25) is 4.98 Å². The minimum Gasteiger partial charge on any atom is -0.453 e. The number of nitrogens with zero attached hydrogens (tertiary/aromatic N) is 1. The Morgan fingerprint density at radius 1 is 0.889 bits per heavy atom. The number of esters is 1. The van der Waals surface area contributed by atoms with Gasteiger partial charge in [-0.25, -0.2) is 4.79 Å². The molecule has 130 valence electrons. The molecule has 0 aliphatic carbocycles. The number of aromatic nitrogens is 1. The fourth-order valence-corrected chi connectivity index (χ4v) is 3.96. The minimum atomic E-state index is -0.404. The zero-order chi connectivity index (χ0) is 18.4. The smallest absolute Gasteiger partial charge is 0.334 e. The Bertz CT molecular complexity index is 1210. The Labute approximate surface area is 156 Å². The van der Waals surface area contributed by atoms with E-state index in [1.165, 1.54) is 5.39 Å². The van der Waals surface area contributed by atoms with Crippen molar-refractivity contribution in [2.24, 2.45) is 0 Å². The zero-order valence-corrected chi connectivity index (χ0v) is 14.6. The molecule has 0 saturated carbocycles. The van der Waals surface area contributed by atoms with E-state index < -0.39 is 6.10 Å². The molecule has 0 unspecified atom stereocenters. The SMILES string of the molecule is C=C1C(=O)O[C@H](c2ccnc3ccccc23)[C@@H]1c1ccc2ccccc2c1. The molecule has 1 saturated heterocycles. The summed E-state index contributed by atoms with van der Waals surface area (Å²) in [6.45, 7) is 4.04. The molecule has 27 heavy (non-hydrogen) atoms. The lowest BCUT2D eigenvalue weighted by Crippen LogP contribution is -2.08. The van der Waals surface area contributed by atoms with E-state index in [1.54, 1.807) is 6.20 Å². The molecule has 1 fully saturated rings. The first kappa shape index (κ1) is 15.8. The monoisotopic (exact) mass is 351 g/mol. The number of rotatable bonds is 2. The Kier molecular flexibility index (Phi) is 3.54. The van der Waals surface area contributed by atoms with Crippen molar-refractivity contribution in [1.29, 1.82) is 0 Å². The highest BCUT2D eigenvalue weighted by atomic mass is 16.6. The van der Waals surface area contributed by atoms with Gasteiger partial charge in [0.2, 0.25) is 0 Å². The van der Waals surface area contributed by atoms with E-state index in [4.69, 9.17) is 4.74 Å². The molecule has 3 nitrogen and oxygen atoms in total. The molecule has 0 amide bonds. The lowest BCUT2D eigenvalue weighted by molar-refractivity contribution is -0.139. The van der Waals surface area contributed by atoms with Gasteiger partial charge < -0.3 is 4.74 Å². The molecule has 3 aromatic carbocycles. The van der Waals surface area contributed by atoms with E-state index in [-0.39, 0.29) is 11.9 Å². The van der Waals surface area contributed by atoms with E-state index in [0.717, 1.165) is 27.4 Å². The van der Waals surface area contributed by atoms with Crippen molar-refractivity contribution in [3.05, 3.63) is 102 Å². The topological polar surface area (TPSA) is 39.2 Å². The summed E-state index contributed by atoms with van der Waals surface area (Å²) in [7, 11) is 0. The van der Waals surface area contributed by atoms with E-state index in [1.807, 2.05) is 42.5 Å². The molecule has 3 heteroatoms. The van der Waals surface area contributed by atoms with Gasteiger partial charge in [0, 0.05) is 22.7 Å². The van der Waals surface area contributed by atoms with Crippen molar-refractivity contribution in [3.8, 4) is 0 Å². The molecule has 2 heterocycles. The van der Waals surface area contributed by atoms with Gasteiger partial charge in [-0.2, -0.15) is 0 Å². The van der Waals surface area contributed by atoms with Gasteiger partial charge in [0.15, 0.2) is 0 Å². The first-order chi connectivity index (χ1) is 13.2. The van der Waals surface area contributed by atoms with Gasteiger partial charge >= 0.3 is 5.97 Å². The van der Waals surface area contributed by atoms with E-state index in [9.17, 15) is 4.79 Å². The summed E-state index contributed by atoms with van der Waals surface area (Å²) in [5.41, 5.74) is 3.39. The molecule has 1 aromatic heterocycles. The van der Waals surface area contributed by atoms with Crippen molar-refractivity contribution in [1.82, 2.24) is 4.98 Å². The van der Waals surface area contributed by atoms with Crippen molar-refractivity contribution in [2.75, 3.05) is 0 Å². The number of pyridine rings is 1. The predicted octanol–water partition coefficient (Wildman–Crippen LogP) is 5.33. The number of carbonyl (C=O) groups excluding carboxylic acids is 1. The van der Waals surface area contributed by atoms with Gasteiger partial charge in [0.05, 0.1) is 11.4 Å². The van der Waals surface area contributed by atoms with Crippen LogP contribution < -0.4 is 0 Å². The molecule has 2 atom stereocenters. The third-order valence-corrected chi connectivity index (χ3v) is 5.30. The lowest BCUT2D eigenvalue weighted by atomic mass is 9.84. The second-order valence-corrected chi connectivity index (χ2v) is 6.85. The quantitative estimate of drug-likeness (QED) is 0.362. The Hall–Kier alpha value is -3.46. The first-order valence-corrected chi connectivity index (χ1v) is 8.94. The molecule has 0 spiro atoms. The molecule has 1 aliphatic rings. The number of benzene rings is 3. The summed E-state index contributed by atoms with van der Waals surface area (Å²) in [4.78, 5) is 16.8. The van der Waals surface area contributed by atoms with Crippen LogP contribution in [0.2, 0.25) is 0 Å². The Balaban J connectivity index is 1.68. The van der Waals surface area contributed by atoms with Gasteiger partial charge in [-0.1, -0.05) is 67.2 Å². The number of carbonyl (C=O) groups is 1. The maximum absolute atomic E-state index is 12.4. The van der Waals surface area contributed by atoms with Gasteiger partial charge in [-0.05, 0) is 28.5 Å². The standard InChI is InChI=1S/C24H17NO2/c1-15-22(18-11-10-16-6-2-3-7-17(16)14-18)23(27-24(15)26)20-12-13-25-21-9-5-4-8-19(20)21/h2-14,22-23H,1H2/t22-,23+/m0/s1. The number of ether oxygens (including phenoxy) is 1. The van der Waals surface area contributed by atoms with E-state index in [0.29, 0.717) is 5.57 Å². The summed E-state index contributed by atoms with van der Waals surface area (Å²) in [5, 5.41) is 3.31. The molecule has 0 bridgehead atoms. The summed E-state index contributed by atoms with van der Waals surface area (Å²) in [5.74, 6) is -0.549. The van der Waals surface area contributed by atoms with Crippen molar-refractivity contribution in [3.63, 3.8) is 0 Å². The molecular formula is C24H17NO2. The second kappa shape index (κ2) is 6.06. The van der Waals surface area contributed by atoms with Crippen LogP contribution in [0.1, 0.15) is 23.1 Å². The van der Waals surface area contributed by atoms with Crippen LogP contribution in [0.5, 0.6) is 0 Å². The third-order valence-electron chi connectivity index (χ3n) is 5.30. The van der Waals surface area contributed by atoms with E-state index >= 15 is 0 Å². The second-order valence-electron chi connectivity index (χ2n) is 6.85. The highest BCUT2D eigenvalue weighted by molar-refractivity contribution is 5.94. The predicted molar refractivity (Wildman–Crippen MR) is 106 cm³/mol. The van der Waals surface area contributed by atoms with Crippen LogP contribution in [0.25, 0.3) is 21.7 Å². The average molecular weight is 351 g/mol. The number of hydrogen-bond donors (Lipinski definition) is 0. The molecule has 0 N–H and O–H groups in total. The van der Waals surface area contributed by atoms with Crippen LogP contribution in [0.4, 0.5) is 0 Å². The highest BCUT2D eigenvalue weighted by Gasteiger charge is 2.41. The Morgan fingerprint density at radius 3 is 2.56 bits per heavy atom. The van der Waals surface area contributed by atoms with Gasteiger partial charge in [0.1, 0.15) is 6.10 Å². The van der Waals surface area contributed by atoms with Gasteiger partial charge in [-0.15, -0.1) is 0 Å². The normalized spacial score (nSPS) is 19.6. The highest BCUT2D eigenvalue weighted by Crippen LogP contribution is 2.46. The first-order valence-electron chi connectivity index (χ1n) is 8.94. The van der Waals surface area contributed by atoms with Crippen LogP contribution in [0.3, 0.4) is 0 Å². The molecular weight excluding hydrogens is 334 g/mol. The van der Waals surface area contributed by atoms with E-state index in [2.05, 4.69) is 41.9 Å². The molecule has 5 rings (SSSR count). The van der Waals surface area contributed by atoms with Crippen LogP contribution >= 0.6 is 0 Å². The molecule has 4 aromatic rings. The number of para-hydroxylation sites is 1. The molecule has 1 aliphatic heterocycles. The fourth-order valence-electron chi connectivity index (χ4n) is 3.96. The molecule has 0 radical (unpaired) electrons. The maximum atomic E-state index is 12.4. The summed E-state index contributed by atoms with van der Waals surface area (Å²) in [6, 6.07) is 24.3.